The molecule has 0 bridgehead atoms. The first-order valence-corrected chi connectivity index (χ1v) is 4.81. The van der Waals surface area contributed by atoms with Gasteiger partial charge in [-0.15, -0.1) is 0 Å². The monoisotopic (exact) mass is 379 g/mol. The van der Waals surface area contributed by atoms with Crippen LogP contribution in [0.25, 0.3) is 0 Å². The van der Waals surface area contributed by atoms with Crippen molar-refractivity contribution in [3.63, 3.8) is 0 Å². The molecule has 0 aliphatic heterocycles. The van der Waals surface area contributed by atoms with E-state index >= 15 is 0 Å². The fourth-order valence-electron chi connectivity index (χ4n) is 0. The molecular formula is Cu3F2O6Si2. The van der Waals surface area contributed by atoms with Crippen LogP contribution in [-0.4, -0.2) is 18.3 Å². The molecule has 3 radical (unpaired) electrons. The number of hydrogen-bond acceptors (Lipinski definition) is 6. The molecule has 0 N–H and O–H groups in total. The van der Waals surface area contributed by atoms with Gasteiger partial charge in [0.25, 0.3) is 0 Å². The van der Waals surface area contributed by atoms with Crippen LogP contribution >= 0.6 is 0 Å². The van der Waals surface area contributed by atoms with E-state index in [2.05, 4.69) is 0 Å². The molecule has 0 aliphatic rings. The maximum absolute atomic E-state index is 10.2. The summed E-state index contributed by atoms with van der Waals surface area (Å²) in [5.41, 5.74) is 0. The second-order valence-corrected chi connectivity index (χ2v) is 2.89. The van der Waals surface area contributed by atoms with Gasteiger partial charge in [-0.05, 0) is 0 Å². The third-order valence-electron chi connectivity index (χ3n) is 0. The number of rotatable bonds is 0. The van der Waals surface area contributed by atoms with Gasteiger partial charge in [0.1, 0.15) is 0 Å². The Bertz CT molecular complexity index is 66.9. The second-order valence-electron chi connectivity index (χ2n) is 0.963. The van der Waals surface area contributed by atoms with E-state index in [4.69, 9.17) is 28.8 Å². The van der Waals surface area contributed by atoms with Gasteiger partial charge < -0.3 is 37.0 Å². The molecule has 0 aliphatic carbocycles. The van der Waals surface area contributed by atoms with Crippen LogP contribution in [0.15, 0.2) is 0 Å². The summed E-state index contributed by atoms with van der Waals surface area (Å²) < 4.78 is 20.3. The van der Waals surface area contributed by atoms with E-state index < -0.39 is 18.3 Å². The van der Waals surface area contributed by atoms with Gasteiger partial charge in [-0.1, -0.05) is 18.3 Å². The fourth-order valence-corrected chi connectivity index (χ4v) is 0. The van der Waals surface area contributed by atoms with Gasteiger partial charge >= 0.3 is 51.2 Å². The van der Waals surface area contributed by atoms with Crippen molar-refractivity contribution in [1.82, 2.24) is 0 Å². The molecule has 0 heterocycles. The van der Waals surface area contributed by atoms with E-state index in [0.717, 1.165) is 0 Å². The van der Waals surface area contributed by atoms with Gasteiger partial charge in [-0.2, -0.15) is 0 Å². The third-order valence-corrected chi connectivity index (χ3v) is 0. The van der Waals surface area contributed by atoms with Crippen LogP contribution < -0.4 is 28.8 Å². The average molecular weight is 381 g/mol. The Morgan fingerprint density at radius 3 is 0.538 bits per heavy atom. The quantitative estimate of drug-likeness (QED) is 0.302. The molecule has 13 heteroatoms. The second kappa shape index (κ2) is 11.7. The molecule has 0 aromatic rings. The molecule has 0 aromatic carbocycles. The first kappa shape index (κ1) is 29.3. The van der Waals surface area contributed by atoms with Crippen molar-refractivity contribution >= 4 is 18.3 Å². The van der Waals surface area contributed by atoms with E-state index in [1.165, 1.54) is 0 Å². The summed E-state index contributed by atoms with van der Waals surface area (Å²) in [4.78, 5) is 50.8. The molecule has 0 fully saturated rings. The molecule has 0 unspecified atom stereocenters. The van der Waals surface area contributed by atoms with Gasteiger partial charge in [-0.3, -0.25) is 0 Å². The minimum atomic E-state index is -5.86. The summed E-state index contributed by atoms with van der Waals surface area (Å²) in [5.74, 6) is 0. The number of halogens is 2. The van der Waals surface area contributed by atoms with E-state index in [1.54, 1.807) is 0 Å². The van der Waals surface area contributed by atoms with Gasteiger partial charge in [0, 0.05) is 0 Å². The van der Waals surface area contributed by atoms with Crippen LogP contribution in [0.3, 0.4) is 0 Å². The Balaban J connectivity index is -0.0000000267. The minimum absolute atomic E-state index is 0. The van der Waals surface area contributed by atoms with Crippen LogP contribution in [0.2, 0.25) is 0 Å². The zero-order valence-electron chi connectivity index (χ0n) is 5.11. The van der Waals surface area contributed by atoms with Gasteiger partial charge in [0.15, 0.2) is 0 Å². The van der Waals surface area contributed by atoms with E-state index in [0.29, 0.717) is 0 Å². The molecule has 0 aromatic heterocycles. The predicted molar refractivity (Wildman–Crippen MR) is 13.7 cm³/mol. The predicted octanol–water partition coefficient (Wildman–Crippen LogP) is -7.06. The van der Waals surface area contributed by atoms with Gasteiger partial charge in [-0.25, -0.2) is 0 Å². The molecule has 0 amide bonds. The molecule has 6 nitrogen and oxygen atoms in total. The maximum atomic E-state index is 10.2. The normalized spacial score (nSPS) is 9.23. The zero-order valence-corrected chi connectivity index (χ0v) is 9.93. The van der Waals surface area contributed by atoms with Crippen molar-refractivity contribution in [1.29, 1.82) is 0 Å². The van der Waals surface area contributed by atoms with Gasteiger partial charge in [0.2, 0.25) is 0 Å². The third kappa shape index (κ3) is 706. The van der Waals surface area contributed by atoms with Crippen molar-refractivity contribution in [3.05, 3.63) is 0 Å². The summed E-state index contributed by atoms with van der Waals surface area (Å²) >= 11 is 0. The largest absolute Gasteiger partial charge is 2.00 e. The Morgan fingerprint density at radius 2 is 0.538 bits per heavy atom. The summed E-state index contributed by atoms with van der Waals surface area (Å²) in [7, 11) is -11.7. The standard InChI is InChI=1S/3Cu.2FO3Si/c;;;2*1-5(2,3)4/q3*+2;2*-3. The van der Waals surface area contributed by atoms with Crippen LogP contribution in [0, 0.1) is 0 Å². The van der Waals surface area contributed by atoms with E-state index in [9.17, 15) is 8.22 Å². The Labute approximate surface area is 106 Å². The molecule has 0 spiro atoms. The van der Waals surface area contributed by atoms with Crippen molar-refractivity contribution in [2.45, 2.75) is 0 Å². The van der Waals surface area contributed by atoms with Gasteiger partial charge in [0.05, 0.1) is 0 Å². The maximum Gasteiger partial charge on any atom is 2.00 e. The Morgan fingerprint density at radius 1 is 0.538 bits per heavy atom. The molecule has 0 atom stereocenters. The number of hydrogen-bond donors (Lipinski definition) is 0. The molecular weight excluding hydrogens is 381 g/mol. The van der Waals surface area contributed by atoms with E-state index in [1.807, 2.05) is 0 Å². The first-order chi connectivity index (χ1) is 4.00. The molecule has 0 saturated carbocycles. The Hall–Kier alpha value is 1.61. The Kier molecular flexibility index (Phi) is 26.3. The molecule has 13 heavy (non-hydrogen) atoms. The summed E-state index contributed by atoms with van der Waals surface area (Å²) in [6.07, 6.45) is 0. The van der Waals surface area contributed by atoms with Crippen LogP contribution in [0.4, 0.5) is 8.22 Å². The molecule has 0 rings (SSSR count). The first-order valence-electron chi connectivity index (χ1n) is 1.60. The molecule has 91 valence electrons. The van der Waals surface area contributed by atoms with Crippen molar-refractivity contribution < 1.29 is 88.2 Å². The SMILES string of the molecule is [Cu+2].[Cu+2].[Cu+2].[O-][Si]([O-])([O-])F.[O-][Si]([O-])([O-])F. The smallest absolute Gasteiger partial charge is 0.857 e. The van der Waals surface area contributed by atoms with Crippen molar-refractivity contribution in [2.24, 2.45) is 0 Å². The van der Waals surface area contributed by atoms with Crippen molar-refractivity contribution in [2.75, 3.05) is 0 Å². The summed E-state index contributed by atoms with van der Waals surface area (Å²) in [5, 5.41) is 0. The zero-order chi connectivity index (χ0) is 9.00. The van der Waals surface area contributed by atoms with Crippen LogP contribution in [-0.2, 0) is 51.2 Å². The summed E-state index contributed by atoms with van der Waals surface area (Å²) in [6, 6.07) is 0. The molecule has 0 saturated heterocycles. The van der Waals surface area contributed by atoms with Crippen LogP contribution in [0.5, 0.6) is 0 Å². The fraction of sp³-hybridized carbons (Fsp3) is 0. The average Bonchev–Trinajstić information content (AvgIpc) is 1.12. The summed E-state index contributed by atoms with van der Waals surface area (Å²) in [6.45, 7) is 0. The van der Waals surface area contributed by atoms with E-state index in [-0.39, 0.29) is 51.2 Å². The topological polar surface area (TPSA) is 138 Å². The van der Waals surface area contributed by atoms with Crippen LogP contribution in [0.1, 0.15) is 0 Å². The minimum Gasteiger partial charge on any atom is -0.857 e. The van der Waals surface area contributed by atoms with Crippen molar-refractivity contribution in [3.8, 4) is 0 Å².